The van der Waals surface area contributed by atoms with Crippen molar-refractivity contribution >= 4 is 35.5 Å². The van der Waals surface area contributed by atoms with Crippen molar-refractivity contribution in [2.75, 3.05) is 6.61 Å². The molecule has 0 unspecified atom stereocenters. The van der Waals surface area contributed by atoms with E-state index in [2.05, 4.69) is 27.7 Å². The fraction of sp³-hybridized carbons (Fsp3) is 0.867. The van der Waals surface area contributed by atoms with Gasteiger partial charge in [0.25, 0.3) is 0 Å². The normalized spacial score (nSPS) is 26.1. The number of unbranched alkanes of at least 4 members (excludes halogenated alkanes) is 1. The van der Waals surface area contributed by atoms with Gasteiger partial charge in [0.15, 0.2) is 0 Å². The summed E-state index contributed by atoms with van der Waals surface area (Å²) >= 11 is 5.64. The standard InChI is InChI=1S/C30H53ClN4O5/c1-6-9-18-40-30(39)22(8-3)24-15-11-13-17-26(24)33-27(36)19(4)32-29(38)21(7-2)23-14-10-12-16-25(23)34-28(37)20(5)35-31/h19-26,35H,6-18H2,1-5H3,(H,32,38)(H,33,36)(H,34,37)/t19-,20-,21-,22-,23-,24-,25-,26-/m1/s1. The van der Waals surface area contributed by atoms with Gasteiger partial charge in [-0.1, -0.05) is 52.9 Å². The molecule has 0 aromatic carbocycles. The Morgan fingerprint density at radius 3 is 1.75 bits per heavy atom. The van der Waals surface area contributed by atoms with Crippen molar-refractivity contribution < 1.29 is 23.9 Å². The lowest BCUT2D eigenvalue weighted by Gasteiger charge is -2.38. The van der Waals surface area contributed by atoms with Crippen LogP contribution in [0.4, 0.5) is 0 Å². The van der Waals surface area contributed by atoms with Gasteiger partial charge in [-0.3, -0.25) is 19.2 Å². The number of hydrogen-bond acceptors (Lipinski definition) is 6. The summed E-state index contributed by atoms with van der Waals surface area (Å²) in [5.74, 6) is -1.28. The zero-order chi connectivity index (χ0) is 29.7. The molecule has 0 aromatic rings. The molecule has 0 radical (unpaired) electrons. The van der Waals surface area contributed by atoms with Crippen LogP contribution in [0.15, 0.2) is 0 Å². The van der Waals surface area contributed by atoms with E-state index in [0.29, 0.717) is 19.4 Å². The predicted octanol–water partition coefficient (Wildman–Crippen LogP) is 4.37. The maximum atomic E-state index is 13.4. The molecule has 0 saturated heterocycles. The van der Waals surface area contributed by atoms with Gasteiger partial charge < -0.3 is 20.7 Å². The Bertz CT molecular complexity index is 828. The number of esters is 1. The summed E-state index contributed by atoms with van der Waals surface area (Å²) in [6.45, 7) is 9.88. The molecule has 10 heteroatoms. The van der Waals surface area contributed by atoms with Crippen LogP contribution in [-0.4, -0.2) is 54.5 Å². The predicted molar refractivity (Wildman–Crippen MR) is 157 cm³/mol. The van der Waals surface area contributed by atoms with E-state index in [0.717, 1.165) is 64.2 Å². The van der Waals surface area contributed by atoms with Crippen LogP contribution in [0.25, 0.3) is 0 Å². The van der Waals surface area contributed by atoms with Crippen LogP contribution in [0.1, 0.15) is 112 Å². The van der Waals surface area contributed by atoms with Gasteiger partial charge in [-0.15, -0.1) is 0 Å². The largest absolute Gasteiger partial charge is 0.465 e. The first kappa shape index (κ1) is 34.3. The smallest absolute Gasteiger partial charge is 0.309 e. The molecule has 0 spiro atoms. The van der Waals surface area contributed by atoms with E-state index in [1.165, 1.54) is 0 Å². The number of carbonyl (C=O) groups excluding carboxylic acids is 4. The lowest BCUT2D eigenvalue weighted by Crippen LogP contribution is -2.55. The van der Waals surface area contributed by atoms with Crippen LogP contribution in [0.3, 0.4) is 0 Å². The maximum absolute atomic E-state index is 13.4. The molecule has 3 amide bonds. The van der Waals surface area contributed by atoms with Gasteiger partial charge in [0.05, 0.1) is 18.6 Å². The topological polar surface area (TPSA) is 126 Å². The fourth-order valence-corrected chi connectivity index (χ4v) is 6.54. The number of carbonyl (C=O) groups is 4. The van der Waals surface area contributed by atoms with Crippen LogP contribution < -0.4 is 20.8 Å². The highest BCUT2D eigenvalue weighted by molar-refractivity contribution is 6.15. The molecule has 2 rings (SSSR count). The number of rotatable bonds is 15. The van der Waals surface area contributed by atoms with Crippen molar-refractivity contribution in [3.63, 3.8) is 0 Å². The number of hydrogen-bond donors (Lipinski definition) is 4. The molecular weight excluding hydrogens is 532 g/mol. The van der Waals surface area contributed by atoms with E-state index in [1.54, 1.807) is 13.8 Å². The van der Waals surface area contributed by atoms with Gasteiger partial charge in [0.2, 0.25) is 17.7 Å². The Kier molecular flexibility index (Phi) is 15.3. The summed E-state index contributed by atoms with van der Waals surface area (Å²) in [7, 11) is 0. The number of amides is 3. The van der Waals surface area contributed by atoms with Crippen molar-refractivity contribution in [3.05, 3.63) is 0 Å². The summed E-state index contributed by atoms with van der Waals surface area (Å²) in [6, 6.07) is -1.48. The molecule has 2 saturated carbocycles. The molecule has 0 bridgehead atoms. The SMILES string of the molecule is CCCCOC(=O)[C@H](CC)[C@H]1CCCC[C@H]1NC(=O)[C@@H](C)NC(=O)[C@H](CC)[C@H]1CCCC[C@H]1NC(=O)[C@@H](C)NCl. The lowest BCUT2D eigenvalue weighted by atomic mass is 9.74. The molecule has 2 aliphatic rings. The minimum Gasteiger partial charge on any atom is -0.465 e. The number of nitrogens with one attached hydrogen (secondary N) is 4. The average Bonchev–Trinajstić information content (AvgIpc) is 2.95. The molecule has 0 aromatic heterocycles. The highest BCUT2D eigenvalue weighted by Crippen LogP contribution is 2.34. The minimum atomic E-state index is -0.710. The Morgan fingerprint density at radius 2 is 1.25 bits per heavy atom. The fourth-order valence-electron chi connectivity index (χ4n) is 6.44. The van der Waals surface area contributed by atoms with E-state index >= 15 is 0 Å². The van der Waals surface area contributed by atoms with Gasteiger partial charge in [-0.2, -0.15) is 0 Å². The highest BCUT2D eigenvalue weighted by Gasteiger charge is 2.39. The van der Waals surface area contributed by atoms with Crippen molar-refractivity contribution in [1.82, 2.24) is 20.8 Å². The van der Waals surface area contributed by atoms with E-state index in [1.807, 2.05) is 13.8 Å². The quantitative estimate of drug-likeness (QED) is 0.129. The second-order valence-corrected chi connectivity index (χ2v) is 12.0. The molecule has 230 valence electrons. The molecule has 0 aliphatic heterocycles. The molecule has 8 atom stereocenters. The molecule has 40 heavy (non-hydrogen) atoms. The summed E-state index contributed by atoms with van der Waals surface area (Å²) in [5.41, 5.74) is 0. The second-order valence-electron chi connectivity index (χ2n) is 11.7. The molecular formula is C30H53ClN4O5. The van der Waals surface area contributed by atoms with Gasteiger partial charge in [-0.25, -0.2) is 4.84 Å². The Morgan fingerprint density at radius 1 is 0.750 bits per heavy atom. The third-order valence-electron chi connectivity index (χ3n) is 8.90. The summed E-state index contributed by atoms with van der Waals surface area (Å²) in [4.78, 5) is 54.5. The Hall–Kier alpha value is -1.87. The average molecular weight is 585 g/mol. The van der Waals surface area contributed by atoms with Crippen LogP contribution in [0.2, 0.25) is 0 Å². The Balaban J connectivity index is 2.02. The highest BCUT2D eigenvalue weighted by atomic mass is 35.5. The van der Waals surface area contributed by atoms with Crippen LogP contribution in [0.5, 0.6) is 0 Å². The van der Waals surface area contributed by atoms with E-state index in [4.69, 9.17) is 16.5 Å². The van der Waals surface area contributed by atoms with Gasteiger partial charge in [0, 0.05) is 18.0 Å². The Labute approximate surface area is 246 Å². The van der Waals surface area contributed by atoms with Crippen molar-refractivity contribution in [3.8, 4) is 0 Å². The van der Waals surface area contributed by atoms with Crippen molar-refractivity contribution in [2.24, 2.45) is 23.7 Å². The number of halogens is 1. The number of ether oxygens (including phenoxy) is 1. The summed E-state index contributed by atoms with van der Waals surface area (Å²) < 4.78 is 5.55. The molecule has 0 heterocycles. The maximum Gasteiger partial charge on any atom is 0.309 e. The van der Waals surface area contributed by atoms with Crippen LogP contribution in [0, 0.1) is 23.7 Å². The van der Waals surface area contributed by atoms with E-state index < -0.39 is 12.1 Å². The third-order valence-corrected chi connectivity index (χ3v) is 9.23. The monoisotopic (exact) mass is 584 g/mol. The lowest BCUT2D eigenvalue weighted by molar-refractivity contribution is -0.152. The van der Waals surface area contributed by atoms with Gasteiger partial charge in [-0.05, 0) is 82.4 Å². The summed E-state index contributed by atoms with van der Waals surface area (Å²) in [5, 5.41) is 9.20. The minimum absolute atomic E-state index is 0.00718. The zero-order valence-electron chi connectivity index (χ0n) is 25.2. The molecule has 2 aliphatic carbocycles. The van der Waals surface area contributed by atoms with Crippen molar-refractivity contribution in [2.45, 2.75) is 136 Å². The molecule has 2 fully saturated rings. The first-order valence-electron chi connectivity index (χ1n) is 15.6. The van der Waals surface area contributed by atoms with E-state index in [-0.39, 0.29) is 59.4 Å². The first-order chi connectivity index (χ1) is 19.2. The second kappa shape index (κ2) is 17.8. The first-order valence-corrected chi connectivity index (χ1v) is 16.0. The van der Waals surface area contributed by atoms with E-state index in [9.17, 15) is 19.2 Å². The summed E-state index contributed by atoms with van der Waals surface area (Å²) in [6.07, 6.45) is 10.5. The third kappa shape index (κ3) is 9.89. The van der Waals surface area contributed by atoms with Gasteiger partial charge >= 0.3 is 5.97 Å². The van der Waals surface area contributed by atoms with Crippen LogP contribution >= 0.6 is 11.8 Å². The zero-order valence-corrected chi connectivity index (χ0v) is 26.0. The molecule has 4 N–H and O–H groups in total. The van der Waals surface area contributed by atoms with Crippen molar-refractivity contribution in [1.29, 1.82) is 0 Å². The van der Waals surface area contributed by atoms with Crippen LogP contribution in [-0.2, 0) is 23.9 Å². The van der Waals surface area contributed by atoms with Gasteiger partial charge in [0.1, 0.15) is 6.04 Å². The molecule has 9 nitrogen and oxygen atoms in total.